The number of fused-ring (bicyclic) bond motifs is 1. The topological polar surface area (TPSA) is 12.0 Å². The molecule has 0 radical (unpaired) electrons. The third-order valence-electron chi connectivity index (χ3n) is 3.64. The summed E-state index contributed by atoms with van der Waals surface area (Å²) in [7, 11) is 0. The molecule has 1 aromatic heterocycles. The third kappa shape index (κ3) is 3.60. The maximum absolute atomic E-state index is 5.25. The molecule has 0 bridgehead atoms. The predicted molar refractivity (Wildman–Crippen MR) is 80.1 cm³/mol. The Bertz CT molecular complexity index is 390. The minimum atomic E-state index is 0.492. The number of hydrogen-bond acceptors (Lipinski definition) is 2. The van der Waals surface area contributed by atoms with E-state index in [1.807, 2.05) is 11.3 Å². The van der Waals surface area contributed by atoms with Gasteiger partial charge in [-0.15, -0.1) is 23.7 Å². The molecule has 1 aliphatic carbocycles. The Morgan fingerprint density at radius 2 is 2.22 bits per heavy atom. The number of rotatable bonds is 6. The second-order valence-corrected chi connectivity index (χ2v) is 6.31. The second-order valence-electron chi connectivity index (χ2n) is 5.14. The first-order valence-electron chi connectivity index (χ1n) is 7.09. The van der Waals surface area contributed by atoms with Crippen molar-refractivity contribution < 1.29 is 0 Å². The van der Waals surface area contributed by atoms with Gasteiger partial charge in [0, 0.05) is 22.2 Å². The predicted octanol–water partition coefficient (Wildman–Crippen LogP) is 4.08. The summed E-state index contributed by atoms with van der Waals surface area (Å²) in [5.41, 5.74) is 1.61. The number of thiophene rings is 1. The Labute approximate surface area is 115 Å². The first-order valence-corrected chi connectivity index (χ1v) is 7.91. The van der Waals surface area contributed by atoms with Crippen molar-refractivity contribution in [3.63, 3.8) is 0 Å². The number of hydrogen-bond donors (Lipinski definition) is 1. The fourth-order valence-corrected chi connectivity index (χ4v) is 3.78. The third-order valence-corrected chi connectivity index (χ3v) is 5.06. The second kappa shape index (κ2) is 6.97. The summed E-state index contributed by atoms with van der Waals surface area (Å²) in [6, 6.07) is 2.92. The molecule has 1 atom stereocenters. The van der Waals surface area contributed by atoms with Gasteiger partial charge in [-0.25, -0.2) is 0 Å². The van der Waals surface area contributed by atoms with Crippen LogP contribution in [-0.4, -0.2) is 6.54 Å². The Morgan fingerprint density at radius 1 is 1.39 bits per heavy atom. The maximum atomic E-state index is 5.25. The molecule has 2 heteroatoms. The highest BCUT2D eigenvalue weighted by Gasteiger charge is 2.15. The molecular weight excluding hydrogens is 238 g/mol. The maximum Gasteiger partial charge on any atom is 0.0386 e. The summed E-state index contributed by atoms with van der Waals surface area (Å²) in [5.74, 6) is 2.69. The van der Waals surface area contributed by atoms with Gasteiger partial charge in [0.2, 0.25) is 0 Å². The van der Waals surface area contributed by atoms with Gasteiger partial charge in [0.05, 0.1) is 0 Å². The molecule has 1 heterocycles. The molecular formula is C16H23NS. The lowest BCUT2D eigenvalue weighted by molar-refractivity contribution is 0.555. The average molecular weight is 261 g/mol. The van der Waals surface area contributed by atoms with E-state index in [0.29, 0.717) is 6.04 Å². The molecule has 0 saturated heterocycles. The molecule has 1 nitrogen and oxygen atoms in total. The highest BCUT2D eigenvalue weighted by atomic mass is 32.1. The zero-order valence-corrected chi connectivity index (χ0v) is 12.1. The van der Waals surface area contributed by atoms with Crippen molar-refractivity contribution >= 4 is 11.3 Å². The molecule has 1 aliphatic rings. The van der Waals surface area contributed by atoms with Crippen LogP contribution in [0.5, 0.6) is 0 Å². The molecule has 0 amide bonds. The van der Waals surface area contributed by atoms with E-state index in [1.165, 1.54) is 37.0 Å². The van der Waals surface area contributed by atoms with Crippen LogP contribution >= 0.6 is 11.3 Å². The molecule has 0 aliphatic heterocycles. The summed E-state index contributed by atoms with van der Waals surface area (Å²) in [6.07, 6.45) is 13.8. The van der Waals surface area contributed by atoms with Gasteiger partial charge in [0.25, 0.3) is 0 Å². The van der Waals surface area contributed by atoms with Gasteiger partial charge in [-0.05, 0) is 63.6 Å². The van der Waals surface area contributed by atoms with E-state index in [2.05, 4.69) is 24.2 Å². The lowest BCUT2D eigenvalue weighted by Crippen LogP contribution is -2.18. The van der Waals surface area contributed by atoms with Crippen molar-refractivity contribution in [1.82, 2.24) is 5.32 Å². The summed E-state index contributed by atoms with van der Waals surface area (Å²) in [4.78, 5) is 3.15. The molecule has 18 heavy (non-hydrogen) atoms. The molecule has 0 spiro atoms. The normalized spacial score (nSPS) is 16.0. The first kappa shape index (κ1) is 13.6. The van der Waals surface area contributed by atoms with Crippen LogP contribution in [0.4, 0.5) is 0 Å². The molecule has 1 unspecified atom stereocenters. The molecule has 0 aromatic carbocycles. The van der Waals surface area contributed by atoms with E-state index >= 15 is 0 Å². The minimum absolute atomic E-state index is 0.492. The van der Waals surface area contributed by atoms with E-state index in [1.54, 1.807) is 10.4 Å². The zero-order chi connectivity index (χ0) is 12.8. The molecule has 98 valence electrons. The van der Waals surface area contributed by atoms with Crippen molar-refractivity contribution in [2.45, 2.75) is 57.9 Å². The fraction of sp³-hybridized carbons (Fsp3) is 0.625. The Balaban J connectivity index is 1.80. The monoisotopic (exact) mass is 261 g/mol. The Morgan fingerprint density at radius 3 is 3.00 bits per heavy atom. The van der Waals surface area contributed by atoms with Crippen LogP contribution in [0.3, 0.4) is 0 Å². The molecule has 0 fully saturated rings. The van der Waals surface area contributed by atoms with Crippen LogP contribution in [0.15, 0.2) is 6.07 Å². The Kier molecular flexibility index (Phi) is 5.28. The van der Waals surface area contributed by atoms with E-state index < -0.39 is 0 Å². The standard InChI is InChI=1S/C16H23NS/c1-3-4-5-8-11-17-13(2)16-12-14-9-6-7-10-15(14)18-16/h1,12-13,17H,4-11H2,2H3. The van der Waals surface area contributed by atoms with Crippen LogP contribution in [0, 0.1) is 12.3 Å². The van der Waals surface area contributed by atoms with Crippen molar-refractivity contribution in [2.24, 2.45) is 0 Å². The van der Waals surface area contributed by atoms with Crippen molar-refractivity contribution in [3.8, 4) is 12.3 Å². The first-order chi connectivity index (χ1) is 8.81. The van der Waals surface area contributed by atoms with Gasteiger partial charge in [-0.1, -0.05) is 0 Å². The zero-order valence-electron chi connectivity index (χ0n) is 11.3. The fourth-order valence-electron chi connectivity index (χ4n) is 2.50. The van der Waals surface area contributed by atoms with Crippen molar-refractivity contribution in [3.05, 3.63) is 21.4 Å². The van der Waals surface area contributed by atoms with Crippen LogP contribution in [0.1, 0.15) is 60.4 Å². The van der Waals surface area contributed by atoms with E-state index in [-0.39, 0.29) is 0 Å². The quantitative estimate of drug-likeness (QED) is 0.601. The summed E-state index contributed by atoms with van der Waals surface area (Å²) < 4.78 is 0. The lowest BCUT2D eigenvalue weighted by atomic mass is 9.99. The number of unbranched alkanes of at least 4 members (excludes halogenated alkanes) is 2. The molecule has 0 saturated carbocycles. The highest BCUT2D eigenvalue weighted by molar-refractivity contribution is 7.12. The molecule has 1 aromatic rings. The van der Waals surface area contributed by atoms with E-state index in [4.69, 9.17) is 6.42 Å². The minimum Gasteiger partial charge on any atom is -0.309 e. The van der Waals surface area contributed by atoms with Gasteiger partial charge in [-0.3, -0.25) is 0 Å². The van der Waals surface area contributed by atoms with E-state index in [0.717, 1.165) is 19.4 Å². The van der Waals surface area contributed by atoms with Crippen molar-refractivity contribution in [2.75, 3.05) is 6.54 Å². The molecule has 1 N–H and O–H groups in total. The van der Waals surface area contributed by atoms with E-state index in [9.17, 15) is 0 Å². The van der Waals surface area contributed by atoms with Crippen LogP contribution < -0.4 is 5.32 Å². The number of nitrogens with one attached hydrogen (secondary N) is 1. The smallest absolute Gasteiger partial charge is 0.0386 e. The van der Waals surface area contributed by atoms with Gasteiger partial charge in [0.15, 0.2) is 0 Å². The van der Waals surface area contributed by atoms with Crippen molar-refractivity contribution in [1.29, 1.82) is 0 Å². The van der Waals surface area contributed by atoms with Crippen LogP contribution in [-0.2, 0) is 12.8 Å². The average Bonchev–Trinajstić information content (AvgIpc) is 2.82. The van der Waals surface area contributed by atoms with Crippen LogP contribution in [0.2, 0.25) is 0 Å². The van der Waals surface area contributed by atoms with Crippen LogP contribution in [0.25, 0.3) is 0 Å². The summed E-state index contributed by atoms with van der Waals surface area (Å²) in [6.45, 7) is 3.35. The van der Waals surface area contributed by atoms with Gasteiger partial charge in [-0.2, -0.15) is 0 Å². The Hall–Kier alpha value is -0.780. The summed E-state index contributed by atoms with van der Waals surface area (Å²) in [5, 5.41) is 3.61. The number of aryl methyl sites for hydroxylation is 2. The summed E-state index contributed by atoms with van der Waals surface area (Å²) >= 11 is 2.02. The highest BCUT2D eigenvalue weighted by Crippen LogP contribution is 2.32. The molecule has 2 rings (SSSR count). The van der Waals surface area contributed by atoms with Gasteiger partial charge < -0.3 is 5.32 Å². The lowest BCUT2D eigenvalue weighted by Gasteiger charge is -2.11. The largest absolute Gasteiger partial charge is 0.309 e. The number of terminal acetylenes is 1. The van der Waals surface area contributed by atoms with Gasteiger partial charge in [0.1, 0.15) is 0 Å². The van der Waals surface area contributed by atoms with Gasteiger partial charge >= 0.3 is 0 Å². The SMILES string of the molecule is C#CCCCCNC(C)c1cc2c(s1)CCCC2.